The molecular weight excluding hydrogens is 352 g/mol. The van der Waals surface area contributed by atoms with Crippen molar-refractivity contribution in [1.29, 1.82) is 0 Å². The van der Waals surface area contributed by atoms with Gasteiger partial charge in [-0.15, -0.1) is 0 Å². The van der Waals surface area contributed by atoms with Gasteiger partial charge < -0.3 is 41.9 Å². The Kier molecular flexibility index (Phi) is 7.89. The molecule has 0 saturated heterocycles. The van der Waals surface area contributed by atoms with Gasteiger partial charge in [0.1, 0.15) is 6.04 Å². The lowest BCUT2D eigenvalue weighted by molar-refractivity contribution is -0.141. The number of aliphatic carboxylic acids is 1. The highest BCUT2D eigenvalue weighted by Crippen LogP contribution is 2.18. The maximum atomic E-state index is 12.0. The molecule has 3 amide bonds. The summed E-state index contributed by atoms with van der Waals surface area (Å²) in [4.78, 5) is 38.0. The zero-order valence-electron chi connectivity index (χ0n) is 14.0. The van der Waals surface area contributed by atoms with Gasteiger partial charge >= 0.3 is 12.0 Å². The lowest BCUT2D eigenvalue weighted by Crippen LogP contribution is -2.51. The van der Waals surface area contributed by atoms with Crippen LogP contribution in [-0.2, 0) is 9.59 Å². The first-order valence-electron chi connectivity index (χ1n) is 7.61. The minimum Gasteiger partial charge on any atom is -0.480 e. The van der Waals surface area contributed by atoms with Crippen LogP contribution in [0.5, 0.6) is 0 Å². The number of urea groups is 1. The Hall–Kier alpha value is -2.77. The zero-order valence-corrected chi connectivity index (χ0v) is 14.0. The molecule has 0 aromatic carbocycles. The second-order valence-electron chi connectivity index (χ2n) is 5.51. The fourth-order valence-corrected chi connectivity index (χ4v) is 1.89. The van der Waals surface area contributed by atoms with Gasteiger partial charge in [0, 0.05) is 6.42 Å². The van der Waals surface area contributed by atoms with E-state index in [1.54, 1.807) is 0 Å². The van der Waals surface area contributed by atoms with E-state index in [0.29, 0.717) is 0 Å². The molecular formula is C13H22N6O7. The molecule has 1 aromatic heterocycles. The van der Waals surface area contributed by atoms with E-state index >= 15 is 0 Å². The Balaban J connectivity index is 2.89. The third-order valence-corrected chi connectivity index (χ3v) is 3.30. The summed E-state index contributed by atoms with van der Waals surface area (Å²) >= 11 is 0. The molecule has 0 radical (unpaired) electrons. The number of hydrogen-bond acceptors (Lipinski definition) is 9. The average molecular weight is 374 g/mol. The maximum Gasteiger partial charge on any atom is 0.328 e. The highest BCUT2D eigenvalue weighted by molar-refractivity contribution is 5.83. The first kappa shape index (κ1) is 21.3. The van der Waals surface area contributed by atoms with Crippen LogP contribution in [0.25, 0.3) is 0 Å². The molecule has 13 nitrogen and oxygen atoms in total. The highest BCUT2D eigenvalue weighted by atomic mass is 16.5. The van der Waals surface area contributed by atoms with Gasteiger partial charge in [0.15, 0.2) is 11.9 Å². The smallest absolute Gasteiger partial charge is 0.328 e. The molecule has 2 unspecified atom stereocenters. The fraction of sp³-hybridized carbons (Fsp3) is 0.615. The third kappa shape index (κ3) is 6.27. The molecule has 0 aliphatic rings. The molecule has 1 heterocycles. The van der Waals surface area contributed by atoms with Crippen molar-refractivity contribution in [3.63, 3.8) is 0 Å². The first-order chi connectivity index (χ1) is 12.1. The minimum absolute atomic E-state index is 0.00876. The van der Waals surface area contributed by atoms with Gasteiger partial charge in [0.2, 0.25) is 11.8 Å². The summed E-state index contributed by atoms with van der Waals surface area (Å²) in [5.41, 5.74) is 10.6. The third-order valence-electron chi connectivity index (χ3n) is 3.30. The van der Waals surface area contributed by atoms with Crippen molar-refractivity contribution in [1.82, 2.24) is 20.8 Å². The van der Waals surface area contributed by atoms with Crippen LogP contribution in [-0.4, -0.2) is 62.1 Å². The number of nitrogens with one attached hydrogen (secondary N) is 2. The number of carboxylic acid groups (broad SMARTS) is 1. The van der Waals surface area contributed by atoms with E-state index in [9.17, 15) is 19.5 Å². The Morgan fingerprint density at radius 2 is 1.96 bits per heavy atom. The summed E-state index contributed by atoms with van der Waals surface area (Å²) in [7, 11) is 0. The van der Waals surface area contributed by atoms with Crippen molar-refractivity contribution in [2.45, 2.75) is 44.0 Å². The predicted molar refractivity (Wildman–Crippen MR) is 84.3 cm³/mol. The summed E-state index contributed by atoms with van der Waals surface area (Å²) in [6.45, 7) is 0.762. The van der Waals surface area contributed by atoms with Crippen LogP contribution in [0.15, 0.2) is 4.52 Å². The van der Waals surface area contributed by atoms with Crippen LogP contribution in [0.3, 0.4) is 0 Å². The average Bonchev–Trinajstić information content (AvgIpc) is 3.04. The Labute approximate surface area is 147 Å². The zero-order chi connectivity index (χ0) is 19.9. The Bertz CT molecular complexity index is 634. The second kappa shape index (κ2) is 9.65. The quantitative estimate of drug-likeness (QED) is 0.228. The van der Waals surface area contributed by atoms with Crippen LogP contribution in [0.4, 0.5) is 4.79 Å². The number of amides is 3. The molecule has 4 atom stereocenters. The summed E-state index contributed by atoms with van der Waals surface area (Å²) in [5.74, 6) is -2.19. The standard InChI is InChI=1S/C13H22N6O7/c1-5(21)9(12(23)24)17-13(25)16-7(2-3-8(15)22)11-18-10(19-26-11)6(14)4-20/h5-7,9,20-21H,2-4,14H2,1H3,(H2,15,22)(H,23,24)(H2,16,17,25)/t5?,6-,7-,9?/m0/s1. The monoisotopic (exact) mass is 374 g/mol. The number of hydrogen-bond donors (Lipinski definition) is 7. The van der Waals surface area contributed by atoms with Crippen molar-refractivity contribution < 1.29 is 34.2 Å². The molecule has 0 aliphatic heterocycles. The molecule has 26 heavy (non-hydrogen) atoms. The van der Waals surface area contributed by atoms with Crippen LogP contribution < -0.4 is 22.1 Å². The van der Waals surface area contributed by atoms with E-state index < -0.39 is 48.7 Å². The molecule has 13 heteroatoms. The van der Waals surface area contributed by atoms with Crippen LogP contribution >= 0.6 is 0 Å². The van der Waals surface area contributed by atoms with Gasteiger partial charge in [-0.3, -0.25) is 4.79 Å². The second-order valence-corrected chi connectivity index (χ2v) is 5.51. The fourth-order valence-electron chi connectivity index (χ4n) is 1.89. The molecule has 0 fully saturated rings. The SMILES string of the molecule is CC(O)C(NC(=O)N[C@@H](CCC(N)=O)c1nc([C@@H](N)CO)no1)C(=O)O. The number of carbonyl (C=O) groups excluding carboxylic acids is 2. The number of nitrogens with two attached hydrogens (primary N) is 2. The molecule has 9 N–H and O–H groups in total. The largest absolute Gasteiger partial charge is 0.480 e. The molecule has 1 aromatic rings. The number of primary amides is 1. The summed E-state index contributed by atoms with van der Waals surface area (Å²) in [5, 5.41) is 35.4. The van der Waals surface area contributed by atoms with Gasteiger partial charge in [-0.25, -0.2) is 9.59 Å². The maximum absolute atomic E-state index is 12.0. The number of carboxylic acids is 1. The van der Waals surface area contributed by atoms with Crippen molar-refractivity contribution in [2.75, 3.05) is 6.61 Å². The van der Waals surface area contributed by atoms with E-state index in [-0.39, 0.29) is 24.6 Å². The Morgan fingerprint density at radius 3 is 2.46 bits per heavy atom. The first-order valence-corrected chi connectivity index (χ1v) is 7.61. The van der Waals surface area contributed by atoms with Crippen molar-refractivity contribution in [3.8, 4) is 0 Å². The summed E-state index contributed by atoms with van der Waals surface area (Å²) in [6.07, 6.45) is -1.49. The molecule has 0 spiro atoms. The van der Waals surface area contributed by atoms with Gasteiger partial charge in [0.05, 0.1) is 18.8 Å². The van der Waals surface area contributed by atoms with E-state index in [1.165, 1.54) is 6.92 Å². The summed E-state index contributed by atoms with van der Waals surface area (Å²) in [6, 6.07) is -4.37. The number of nitrogens with zero attached hydrogens (tertiary/aromatic N) is 2. The normalized spacial score (nSPS) is 15.5. The van der Waals surface area contributed by atoms with E-state index in [1.807, 2.05) is 0 Å². The van der Waals surface area contributed by atoms with Gasteiger partial charge in [-0.2, -0.15) is 4.98 Å². The lowest BCUT2D eigenvalue weighted by Gasteiger charge is -2.20. The molecule has 1 rings (SSSR count). The molecule has 0 bridgehead atoms. The predicted octanol–water partition coefficient (Wildman–Crippen LogP) is -2.50. The molecule has 146 valence electrons. The number of carbonyl (C=O) groups is 3. The number of aromatic nitrogens is 2. The Morgan fingerprint density at radius 1 is 1.31 bits per heavy atom. The molecule has 0 saturated carbocycles. The van der Waals surface area contributed by atoms with E-state index in [2.05, 4.69) is 20.8 Å². The van der Waals surface area contributed by atoms with Gasteiger partial charge in [-0.1, -0.05) is 5.16 Å². The highest BCUT2D eigenvalue weighted by Gasteiger charge is 2.28. The topological polar surface area (TPSA) is 227 Å². The van der Waals surface area contributed by atoms with E-state index in [0.717, 1.165) is 0 Å². The van der Waals surface area contributed by atoms with Crippen LogP contribution in [0.1, 0.15) is 43.6 Å². The lowest BCUT2D eigenvalue weighted by atomic mass is 10.1. The number of aliphatic hydroxyl groups excluding tert-OH is 2. The summed E-state index contributed by atoms with van der Waals surface area (Å²) < 4.78 is 4.97. The number of rotatable bonds is 10. The number of aliphatic hydroxyl groups is 2. The van der Waals surface area contributed by atoms with Crippen molar-refractivity contribution >= 4 is 17.9 Å². The minimum atomic E-state index is -1.55. The van der Waals surface area contributed by atoms with Crippen LogP contribution in [0.2, 0.25) is 0 Å². The van der Waals surface area contributed by atoms with Gasteiger partial charge in [-0.05, 0) is 13.3 Å². The van der Waals surface area contributed by atoms with Crippen molar-refractivity contribution in [3.05, 3.63) is 11.7 Å². The molecule has 0 aliphatic carbocycles. The van der Waals surface area contributed by atoms with Crippen molar-refractivity contribution in [2.24, 2.45) is 11.5 Å². The van der Waals surface area contributed by atoms with Gasteiger partial charge in [0.25, 0.3) is 0 Å². The van der Waals surface area contributed by atoms with E-state index in [4.69, 9.17) is 26.2 Å². The van der Waals surface area contributed by atoms with Crippen LogP contribution in [0, 0.1) is 0 Å².